The van der Waals surface area contributed by atoms with Crippen molar-refractivity contribution in [1.29, 1.82) is 0 Å². The van der Waals surface area contributed by atoms with Crippen molar-refractivity contribution in [2.75, 3.05) is 10.6 Å². The van der Waals surface area contributed by atoms with Crippen molar-refractivity contribution in [3.63, 3.8) is 0 Å². The van der Waals surface area contributed by atoms with Crippen LogP contribution in [0.5, 0.6) is 0 Å². The van der Waals surface area contributed by atoms with E-state index in [0.29, 0.717) is 28.1 Å². The van der Waals surface area contributed by atoms with Crippen LogP contribution in [-0.2, 0) is 6.54 Å². The Balaban J connectivity index is 1.69. The molecule has 0 bridgehead atoms. The smallest absolute Gasteiger partial charge is 0.274 e. The van der Waals surface area contributed by atoms with E-state index in [-0.39, 0.29) is 11.5 Å². The molecule has 0 aliphatic rings. The lowest BCUT2D eigenvalue weighted by Crippen LogP contribution is -2.15. The average molecular weight is 391 g/mol. The van der Waals surface area contributed by atoms with Crippen molar-refractivity contribution >= 4 is 40.6 Å². The standard InChI is InChI=1S/C18H13Cl2FN4O/c19-12-3-6-14(20)15(7-12)25-18(26)16-8-17(24-10-23-16)22-9-11-1-4-13(21)5-2-11/h1-8,10H,9H2,(H,25,26)(H,22,23,24). The number of carbonyl (C=O) groups is 1. The van der Waals surface area contributed by atoms with Crippen LogP contribution in [0, 0.1) is 5.82 Å². The van der Waals surface area contributed by atoms with E-state index in [1.165, 1.54) is 24.5 Å². The molecule has 2 aromatic carbocycles. The predicted molar refractivity (Wildman–Crippen MR) is 100 cm³/mol. The van der Waals surface area contributed by atoms with Crippen LogP contribution >= 0.6 is 23.2 Å². The van der Waals surface area contributed by atoms with Crippen molar-refractivity contribution in [2.24, 2.45) is 0 Å². The molecule has 132 valence electrons. The van der Waals surface area contributed by atoms with Crippen molar-refractivity contribution in [2.45, 2.75) is 6.54 Å². The van der Waals surface area contributed by atoms with Crippen molar-refractivity contribution in [1.82, 2.24) is 9.97 Å². The number of carbonyl (C=O) groups excluding carboxylic acids is 1. The lowest BCUT2D eigenvalue weighted by molar-refractivity contribution is 0.102. The second-order valence-corrected chi connectivity index (χ2v) is 6.19. The Morgan fingerprint density at radius 2 is 1.81 bits per heavy atom. The van der Waals surface area contributed by atoms with E-state index < -0.39 is 5.91 Å². The van der Waals surface area contributed by atoms with Crippen LogP contribution in [-0.4, -0.2) is 15.9 Å². The maximum atomic E-state index is 12.9. The maximum Gasteiger partial charge on any atom is 0.274 e. The second-order valence-electron chi connectivity index (χ2n) is 5.35. The summed E-state index contributed by atoms with van der Waals surface area (Å²) in [6.45, 7) is 0.429. The molecule has 5 nitrogen and oxygen atoms in total. The molecule has 1 aromatic heterocycles. The first-order chi connectivity index (χ1) is 12.5. The summed E-state index contributed by atoms with van der Waals surface area (Å²) < 4.78 is 12.9. The molecule has 0 aliphatic heterocycles. The quantitative estimate of drug-likeness (QED) is 0.657. The summed E-state index contributed by atoms with van der Waals surface area (Å²) in [6, 6.07) is 12.4. The predicted octanol–water partition coefficient (Wildman–Crippen LogP) is 4.79. The zero-order valence-electron chi connectivity index (χ0n) is 13.3. The summed E-state index contributed by atoms with van der Waals surface area (Å²) in [5.41, 5.74) is 1.43. The molecule has 1 amide bonds. The Kier molecular flexibility index (Phi) is 5.65. The largest absolute Gasteiger partial charge is 0.366 e. The van der Waals surface area contributed by atoms with E-state index in [4.69, 9.17) is 23.2 Å². The zero-order chi connectivity index (χ0) is 18.5. The van der Waals surface area contributed by atoms with E-state index in [2.05, 4.69) is 20.6 Å². The van der Waals surface area contributed by atoms with Crippen LogP contribution in [0.4, 0.5) is 15.9 Å². The molecule has 3 aromatic rings. The molecule has 8 heteroatoms. The van der Waals surface area contributed by atoms with E-state index in [0.717, 1.165) is 5.56 Å². The third kappa shape index (κ3) is 4.68. The Labute approximate surface area is 159 Å². The maximum absolute atomic E-state index is 12.9. The van der Waals surface area contributed by atoms with Gasteiger partial charge in [0, 0.05) is 17.6 Å². The van der Waals surface area contributed by atoms with Gasteiger partial charge in [0.25, 0.3) is 5.91 Å². The minimum atomic E-state index is -0.443. The van der Waals surface area contributed by atoms with Gasteiger partial charge in [-0.05, 0) is 35.9 Å². The molecule has 2 N–H and O–H groups in total. The van der Waals surface area contributed by atoms with Gasteiger partial charge in [-0.1, -0.05) is 35.3 Å². The Morgan fingerprint density at radius 3 is 2.58 bits per heavy atom. The highest BCUT2D eigenvalue weighted by Crippen LogP contribution is 2.25. The van der Waals surface area contributed by atoms with Gasteiger partial charge in [0.1, 0.15) is 23.7 Å². The van der Waals surface area contributed by atoms with Crippen LogP contribution in [0.25, 0.3) is 0 Å². The number of hydrogen-bond donors (Lipinski definition) is 2. The number of halogens is 3. The molecule has 0 radical (unpaired) electrons. The lowest BCUT2D eigenvalue weighted by atomic mass is 10.2. The average Bonchev–Trinajstić information content (AvgIpc) is 2.64. The minimum Gasteiger partial charge on any atom is -0.366 e. The minimum absolute atomic E-state index is 0.164. The summed E-state index contributed by atoms with van der Waals surface area (Å²) >= 11 is 12.0. The number of nitrogens with one attached hydrogen (secondary N) is 2. The van der Waals surface area contributed by atoms with Crippen LogP contribution in [0.3, 0.4) is 0 Å². The molecule has 0 atom stereocenters. The normalized spacial score (nSPS) is 10.4. The van der Waals surface area contributed by atoms with E-state index in [9.17, 15) is 9.18 Å². The molecule has 0 spiro atoms. The fraction of sp³-hybridized carbons (Fsp3) is 0.0556. The van der Waals surface area contributed by atoms with Gasteiger partial charge >= 0.3 is 0 Å². The van der Waals surface area contributed by atoms with Gasteiger partial charge in [0.2, 0.25) is 0 Å². The number of hydrogen-bond acceptors (Lipinski definition) is 4. The van der Waals surface area contributed by atoms with E-state index >= 15 is 0 Å². The Morgan fingerprint density at radius 1 is 1.04 bits per heavy atom. The van der Waals surface area contributed by atoms with Gasteiger partial charge in [0.15, 0.2) is 0 Å². The number of amides is 1. The fourth-order valence-electron chi connectivity index (χ4n) is 2.15. The second kappa shape index (κ2) is 8.12. The highest BCUT2D eigenvalue weighted by molar-refractivity contribution is 6.35. The number of nitrogens with zero attached hydrogens (tertiary/aromatic N) is 2. The molecule has 0 aliphatic carbocycles. The van der Waals surface area contributed by atoms with Gasteiger partial charge in [0.05, 0.1) is 10.7 Å². The zero-order valence-corrected chi connectivity index (χ0v) is 14.9. The van der Waals surface area contributed by atoms with Gasteiger partial charge in [-0.25, -0.2) is 14.4 Å². The molecule has 3 rings (SSSR count). The van der Waals surface area contributed by atoms with Crippen LogP contribution in [0.2, 0.25) is 10.0 Å². The fourth-order valence-corrected chi connectivity index (χ4v) is 2.49. The highest BCUT2D eigenvalue weighted by Gasteiger charge is 2.11. The van der Waals surface area contributed by atoms with Crippen molar-refractivity contribution < 1.29 is 9.18 Å². The lowest BCUT2D eigenvalue weighted by Gasteiger charge is -2.09. The van der Waals surface area contributed by atoms with Gasteiger partial charge < -0.3 is 10.6 Å². The van der Waals surface area contributed by atoms with Crippen LogP contribution in [0.15, 0.2) is 54.9 Å². The van der Waals surface area contributed by atoms with Crippen LogP contribution < -0.4 is 10.6 Å². The van der Waals surface area contributed by atoms with E-state index in [1.807, 2.05) is 0 Å². The highest BCUT2D eigenvalue weighted by atomic mass is 35.5. The van der Waals surface area contributed by atoms with Crippen molar-refractivity contribution in [3.05, 3.63) is 82.0 Å². The molecule has 0 fully saturated rings. The van der Waals surface area contributed by atoms with E-state index in [1.54, 1.807) is 30.3 Å². The number of anilines is 2. The SMILES string of the molecule is O=C(Nc1cc(Cl)ccc1Cl)c1cc(NCc2ccc(F)cc2)ncn1. The Hall–Kier alpha value is -2.70. The molecule has 0 saturated carbocycles. The summed E-state index contributed by atoms with van der Waals surface area (Å²) in [4.78, 5) is 20.4. The molecular formula is C18H13Cl2FN4O. The van der Waals surface area contributed by atoms with Crippen molar-refractivity contribution in [3.8, 4) is 0 Å². The first-order valence-corrected chi connectivity index (χ1v) is 8.33. The molecule has 0 unspecified atom stereocenters. The number of benzene rings is 2. The summed E-state index contributed by atoms with van der Waals surface area (Å²) in [6.07, 6.45) is 1.28. The summed E-state index contributed by atoms with van der Waals surface area (Å²) in [5.74, 6) is -0.275. The Bertz CT molecular complexity index is 935. The third-order valence-electron chi connectivity index (χ3n) is 3.46. The molecule has 0 saturated heterocycles. The summed E-state index contributed by atoms with van der Waals surface area (Å²) in [7, 11) is 0. The van der Waals surface area contributed by atoms with Gasteiger partial charge in [-0.15, -0.1) is 0 Å². The third-order valence-corrected chi connectivity index (χ3v) is 4.03. The van der Waals surface area contributed by atoms with Crippen LogP contribution in [0.1, 0.15) is 16.1 Å². The number of aromatic nitrogens is 2. The van der Waals surface area contributed by atoms with Gasteiger partial charge in [-0.3, -0.25) is 4.79 Å². The topological polar surface area (TPSA) is 66.9 Å². The molecular weight excluding hydrogens is 378 g/mol. The number of rotatable bonds is 5. The van der Waals surface area contributed by atoms with Gasteiger partial charge in [-0.2, -0.15) is 0 Å². The molecule has 1 heterocycles. The first kappa shape index (κ1) is 18.1. The summed E-state index contributed by atoms with van der Waals surface area (Å²) in [5, 5.41) is 6.54. The first-order valence-electron chi connectivity index (χ1n) is 7.58. The molecule has 26 heavy (non-hydrogen) atoms. The monoisotopic (exact) mass is 390 g/mol.